The molecule has 2 heterocycles. The van der Waals surface area contributed by atoms with Gasteiger partial charge in [-0.3, -0.25) is 19.6 Å². The lowest BCUT2D eigenvalue weighted by molar-refractivity contribution is -0.388. The maximum atomic E-state index is 12.9. The minimum Gasteiger partial charge on any atom is -0.362 e. The molecule has 0 fully saturated rings. The number of carbonyl (C=O) groups excluding carboxylic acids is 1. The lowest BCUT2D eigenvalue weighted by Crippen LogP contribution is -2.20. The van der Waals surface area contributed by atoms with E-state index in [1.807, 2.05) is 0 Å². The predicted octanol–water partition coefficient (Wildman–Crippen LogP) is 1.56. The molecule has 136 valence electrons. The molecule has 0 aliphatic carbocycles. The summed E-state index contributed by atoms with van der Waals surface area (Å²) < 4.78 is 45.4. The Morgan fingerprint density at radius 1 is 1.48 bits per heavy atom. The molecule has 0 saturated heterocycles. The van der Waals surface area contributed by atoms with Crippen molar-refractivity contribution in [3.8, 4) is 0 Å². The SMILES string of the molecule is COCn1cc(NC(=O)Cn2nc(C(F)(F)F)c([N+](=O)[O-])c2C)cn1. The molecule has 0 saturated carbocycles. The second-order valence-electron chi connectivity index (χ2n) is 4.93. The van der Waals surface area contributed by atoms with Crippen LogP contribution in [0, 0.1) is 17.0 Å². The van der Waals surface area contributed by atoms with Crippen molar-refractivity contribution in [1.82, 2.24) is 19.6 Å². The Morgan fingerprint density at radius 2 is 2.16 bits per heavy atom. The number of ether oxygens (including phenoxy) is 1. The van der Waals surface area contributed by atoms with Crippen molar-refractivity contribution >= 4 is 17.3 Å². The molecule has 1 N–H and O–H groups in total. The van der Waals surface area contributed by atoms with Crippen molar-refractivity contribution < 1.29 is 27.6 Å². The molecular weight excluding hydrogens is 349 g/mol. The van der Waals surface area contributed by atoms with Crippen LogP contribution in [0.25, 0.3) is 0 Å². The Morgan fingerprint density at radius 3 is 2.68 bits per heavy atom. The molecule has 0 unspecified atom stereocenters. The number of nitro groups is 1. The molecule has 0 aromatic carbocycles. The number of methoxy groups -OCH3 is 1. The first-order chi connectivity index (χ1) is 11.6. The molecule has 0 aliphatic rings. The molecule has 0 aliphatic heterocycles. The molecule has 10 nitrogen and oxygen atoms in total. The van der Waals surface area contributed by atoms with Crippen molar-refractivity contribution in [3.63, 3.8) is 0 Å². The zero-order chi connectivity index (χ0) is 18.8. The fraction of sp³-hybridized carbons (Fsp3) is 0.417. The number of nitrogens with zero attached hydrogens (tertiary/aromatic N) is 5. The van der Waals surface area contributed by atoms with Crippen molar-refractivity contribution in [2.24, 2.45) is 0 Å². The highest BCUT2D eigenvalue weighted by Crippen LogP contribution is 2.36. The maximum absolute atomic E-state index is 12.9. The molecule has 13 heteroatoms. The second kappa shape index (κ2) is 6.88. The Bertz CT molecular complexity index is 797. The van der Waals surface area contributed by atoms with Gasteiger partial charge in [0, 0.05) is 7.11 Å². The fourth-order valence-corrected chi connectivity index (χ4v) is 2.07. The van der Waals surface area contributed by atoms with Gasteiger partial charge in [0.05, 0.1) is 23.0 Å². The number of carbonyl (C=O) groups is 1. The molecule has 2 rings (SSSR count). The van der Waals surface area contributed by atoms with Gasteiger partial charge >= 0.3 is 11.9 Å². The first-order valence-electron chi connectivity index (χ1n) is 6.73. The third-order valence-electron chi connectivity index (χ3n) is 3.10. The second-order valence-corrected chi connectivity index (χ2v) is 4.93. The Hall–Kier alpha value is -2.96. The Labute approximate surface area is 138 Å². The van der Waals surface area contributed by atoms with Crippen LogP contribution in [0.5, 0.6) is 0 Å². The van der Waals surface area contributed by atoms with E-state index < -0.39 is 34.9 Å². The zero-order valence-corrected chi connectivity index (χ0v) is 13.1. The zero-order valence-electron chi connectivity index (χ0n) is 13.1. The van der Waals surface area contributed by atoms with Gasteiger partial charge < -0.3 is 10.1 Å². The van der Waals surface area contributed by atoms with Crippen LogP contribution in [0.15, 0.2) is 12.4 Å². The number of hydrogen-bond acceptors (Lipinski definition) is 6. The summed E-state index contributed by atoms with van der Waals surface area (Å²) in [5.74, 6) is -0.716. The van der Waals surface area contributed by atoms with Gasteiger partial charge in [0.25, 0.3) is 0 Å². The van der Waals surface area contributed by atoms with E-state index in [9.17, 15) is 28.1 Å². The van der Waals surface area contributed by atoms with Crippen molar-refractivity contribution in [2.45, 2.75) is 26.4 Å². The number of anilines is 1. The van der Waals surface area contributed by atoms with Crippen LogP contribution in [-0.4, -0.2) is 37.5 Å². The summed E-state index contributed by atoms with van der Waals surface area (Å²) in [7, 11) is 1.45. The van der Waals surface area contributed by atoms with Gasteiger partial charge in [0.15, 0.2) is 0 Å². The van der Waals surface area contributed by atoms with E-state index in [4.69, 9.17) is 4.74 Å². The monoisotopic (exact) mass is 362 g/mol. The van der Waals surface area contributed by atoms with E-state index in [1.54, 1.807) is 0 Å². The van der Waals surface area contributed by atoms with Crippen LogP contribution in [0.1, 0.15) is 11.4 Å². The maximum Gasteiger partial charge on any atom is 0.442 e. The fourth-order valence-electron chi connectivity index (χ4n) is 2.07. The van der Waals surface area contributed by atoms with Crippen LogP contribution in [0.3, 0.4) is 0 Å². The number of rotatable bonds is 6. The topological polar surface area (TPSA) is 117 Å². The number of alkyl halides is 3. The van der Waals surface area contributed by atoms with Gasteiger partial charge in [-0.05, 0) is 6.92 Å². The number of aromatic nitrogens is 4. The lowest BCUT2D eigenvalue weighted by atomic mass is 10.3. The smallest absolute Gasteiger partial charge is 0.362 e. The summed E-state index contributed by atoms with van der Waals surface area (Å²) in [6, 6.07) is 0. The highest BCUT2D eigenvalue weighted by molar-refractivity contribution is 5.90. The van der Waals surface area contributed by atoms with Gasteiger partial charge in [-0.15, -0.1) is 0 Å². The standard InChI is InChI=1S/C12H13F3N6O4/c1-7-10(21(23)24)11(12(13,14)15)18-20(7)5-9(22)17-8-3-16-19(4-8)6-25-2/h3-4H,5-6H2,1-2H3,(H,17,22). The average molecular weight is 362 g/mol. The van der Waals surface area contributed by atoms with Gasteiger partial charge in [0.2, 0.25) is 11.6 Å². The summed E-state index contributed by atoms with van der Waals surface area (Å²) in [5.41, 5.74) is -2.90. The molecule has 0 bridgehead atoms. The molecule has 0 radical (unpaired) electrons. The normalized spacial score (nSPS) is 11.6. The van der Waals surface area contributed by atoms with Crippen LogP contribution in [0.2, 0.25) is 0 Å². The van der Waals surface area contributed by atoms with Crippen molar-refractivity contribution in [2.75, 3.05) is 12.4 Å². The van der Waals surface area contributed by atoms with E-state index in [-0.39, 0.29) is 18.1 Å². The highest BCUT2D eigenvalue weighted by Gasteiger charge is 2.44. The van der Waals surface area contributed by atoms with Crippen molar-refractivity contribution in [1.29, 1.82) is 0 Å². The van der Waals surface area contributed by atoms with E-state index >= 15 is 0 Å². The van der Waals surface area contributed by atoms with E-state index in [0.29, 0.717) is 4.68 Å². The highest BCUT2D eigenvalue weighted by atomic mass is 19.4. The third kappa shape index (κ3) is 4.12. The van der Waals surface area contributed by atoms with Crippen LogP contribution in [-0.2, 0) is 29.0 Å². The Kier molecular flexibility index (Phi) is 5.06. The average Bonchev–Trinajstić information content (AvgIpc) is 3.04. The van der Waals surface area contributed by atoms with Crippen LogP contribution >= 0.6 is 0 Å². The summed E-state index contributed by atoms with van der Waals surface area (Å²) in [6.45, 7) is 0.609. The summed E-state index contributed by atoms with van der Waals surface area (Å²) in [4.78, 5) is 21.7. The summed E-state index contributed by atoms with van der Waals surface area (Å²) in [5, 5.41) is 20.3. The minimum absolute atomic E-state index is 0.148. The molecule has 1 amide bonds. The van der Waals surface area contributed by atoms with Gasteiger partial charge in [-0.1, -0.05) is 0 Å². The molecular formula is C12H13F3N6O4. The minimum atomic E-state index is -5.00. The third-order valence-corrected chi connectivity index (χ3v) is 3.10. The Balaban J connectivity index is 2.19. The van der Waals surface area contributed by atoms with Gasteiger partial charge in [-0.25, -0.2) is 4.68 Å². The largest absolute Gasteiger partial charge is 0.442 e. The van der Waals surface area contributed by atoms with E-state index in [2.05, 4.69) is 15.5 Å². The van der Waals surface area contributed by atoms with Gasteiger partial charge in [-0.2, -0.15) is 23.4 Å². The van der Waals surface area contributed by atoms with Crippen molar-refractivity contribution in [3.05, 3.63) is 33.9 Å². The predicted molar refractivity (Wildman–Crippen MR) is 76.5 cm³/mol. The lowest BCUT2D eigenvalue weighted by Gasteiger charge is -2.04. The molecule has 2 aromatic heterocycles. The van der Waals surface area contributed by atoms with E-state index in [1.165, 1.54) is 24.2 Å². The molecule has 0 spiro atoms. The summed E-state index contributed by atoms with van der Waals surface area (Å²) >= 11 is 0. The molecule has 25 heavy (non-hydrogen) atoms. The number of nitrogens with one attached hydrogen (secondary N) is 1. The van der Waals surface area contributed by atoms with Crippen LogP contribution < -0.4 is 5.32 Å². The van der Waals surface area contributed by atoms with E-state index in [0.717, 1.165) is 6.92 Å². The van der Waals surface area contributed by atoms with Crippen LogP contribution in [0.4, 0.5) is 24.5 Å². The first-order valence-corrected chi connectivity index (χ1v) is 6.73. The number of amides is 1. The molecule has 0 atom stereocenters. The number of halogens is 3. The summed E-state index contributed by atoms with van der Waals surface area (Å²) in [6.07, 6.45) is -2.24. The molecule has 2 aromatic rings. The quantitative estimate of drug-likeness (QED) is 0.616. The number of hydrogen-bond donors (Lipinski definition) is 1. The van der Waals surface area contributed by atoms with Gasteiger partial charge in [0.1, 0.15) is 19.0 Å². The first kappa shape index (κ1) is 18.4.